The molecule has 4 nitrogen and oxygen atoms in total. The Morgan fingerprint density at radius 2 is 1.91 bits per heavy atom. The Hall–Kier alpha value is -2.10. The van der Waals surface area contributed by atoms with Gasteiger partial charge in [-0.25, -0.2) is 0 Å². The van der Waals surface area contributed by atoms with Gasteiger partial charge in [-0.15, -0.1) is 0 Å². The normalized spacial score (nSPS) is 20.2. The summed E-state index contributed by atoms with van der Waals surface area (Å²) in [7, 11) is 1.92. The number of rotatable bonds is 2. The Kier molecular flexibility index (Phi) is 3.47. The van der Waals surface area contributed by atoms with Crippen LogP contribution in [0, 0.1) is 5.92 Å². The molecule has 0 saturated carbocycles. The number of aromatic amines is 1. The topological polar surface area (TPSA) is 49.0 Å². The molecule has 4 rings (SSSR count). The average molecular weight is 309 g/mol. The number of likely N-dealkylation sites (N-methyl/N-ethyl adjacent to an activating group) is 1. The summed E-state index contributed by atoms with van der Waals surface area (Å²) in [6, 6.07) is 8.74. The number of carbonyl (C=O) groups excluding carboxylic acids is 1. The van der Waals surface area contributed by atoms with E-state index in [-0.39, 0.29) is 11.9 Å². The maximum absolute atomic E-state index is 13.0. The molecule has 0 bridgehead atoms. The number of nitrogens with zero attached hydrogens (tertiary/aromatic N) is 2. The van der Waals surface area contributed by atoms with Crippen LogP contribution in [0.15, 0.2) is 24.3 Å². The van der Waals surface area contributed by atoms with Crippen LogP contribution in [0.4, 0.5) is 0 Å². The number of nitrogens with one attached hydrogen (secondary N) is 1. The lowest BCUT2D eigenvalue weighted by atomic mass is 9.87. The standard InChI is InChI=1S/C19H23N3O/c1-12-7-8-17-16(9-12)18(21-20-17)19(23)22(2)15-10-13-5-3-4-6-14(13)11-15/h3-6,12,15H,7-11H2,1-2H3,(H,20,21). The van der Waals surface area contributed by atoms with E-state index in [4.69, 9.17) is 0 Å². The van der Waals surface area contributed by atoms with Crippen LogP contribution in [0.25, 0.3) is 0 Å². The first-order valence-electron chi connectivity index (χ1n) is 8.53. The van der Waals surface area contributed by atoms with Gasteiger partial charge in [0.2, 0.25) is 0 Å². The molecule has 2 aromatic rings. The average Bonchev–Trinajstić information content (AvgIpc) is 3.16. The van der Waals surface area contributed by atoms with E-state index >= 15 is 0 Å². The van der Waals surface area contributed by atoms with Crippen LogP contribution in [0.3, 0.4) is 0 Å². The number of carbonyl (C=O) groups is 1. The largest absolute Gasteiger partial charge is 0.337 e. The summed E-state index contributed by atoms with van der Waals surface area (Å²) < 4.78 is 0. The highest BCUT2D eigenvalue weighted by Crippen LogP contribution is 2.29. The highest BCUT2D eigenvalue weighted by Gasteiger charge is 2.31. The molecule has 23 heavy (non-hydrogen) atoms. The van der Waals surface area contributed by atoms with Crippen molar-refractivity contribution in [1.82, 2.24) is 15.1 Å². The molecule has 1 unspecified atom stereocenters. The van der Waals surface area contributed by atoms with E-state index in [0.717, 1.165) is 36.9 Å². The van der Waals surface area contributed by atoms with Gasteiger partial charge in [-0.05, 0) is 49.1 Å². The van der Waals surface area contributed by atoms with Crippen molar-refractivity contribution in [3.05, 3.63) is 52.3 Å². The summed E-state index contributed by atoms with van der Waals surface area (Å²) in [4.78, 5) is 14.9. The lowest BCUT2D eigenvalue weighted by Gasteiger charge is -2.25. The quantitative estimate of drug-likeness (QED) is 0.927. The highest BCUT2D eigenvalue weighted by molar-refractivity contribution is 5.94. The van der Waals surface area contributed by atoms with Gasteiger partial charge in [-0.3, -0.25) is 9.89 Å². The van der Waals surface area contributed by atoms with Crippen LogP contribution >= 0.6 is 0 Å². The summed E-state index contributed by atoms with van der Waals surface area (Å²) in [6.07, 6.45) is 5.04. The van der Waals surface area contributed by atoms with Gasteiger partial charge in [0.25, 0.3) is 5.91 Å². The van der Waals surface area contributed by atoms with Crippen molar-refractivity contribution >= 4 is 5.91 Å². The lowest BCUT2D eigenvalue weighted by molar-refractivity contribution is 0.0730. The van der Waals surface area contributed by atoms with E-state index in [1.807, 2.05) is 11.9 Å². The molecule has 4 heteroatoms. The fraction of sp³-hybridized carbons (Fsp3) is 0.474. The summed E-state index contributed by atoms with van der Waals surface area (Å²) in [6.45, 7) is 2.25. The Morgan fingerprint density at radius 3 is 2.61 bits per heavy atom. The summed E-state index contributed by atoms with van der Waals surface area (Å²) in [5, 5.41) is 7.45. The van der Waals surface area contributed by atoms with Gasteiger partial charge in [0.15, 0.2) is 5.69 Å². The Morgan fingerprint density at radius 1 is 1.22 bits per heavy atom. The fourth-order valence-corrected chi connectivity index (χ4v) is 3.99. The molecule has 1 heterocycles. The van der Waals surface area contributed by atoms with Crippen LogP contribution in [0.5, 0.6) is 0 Å². The molecule has 0 radical (unpaired) electrons. The molecule has 1 N–H and O–H groups in total. The van der Waals surface area contributed by atoms with E-state index in [9.17, 15) is 4.79 Å². The SMILES string of the molecule is CC1CCc2[nH]nc(C(=O)N(C)C3Cc4ccccc4C3)c2C1. The van der Waals surface area contributed by atoms with Crippen molar-refractivity contribution in [3.8, 4) is 0 Å². The van der Waals surface area contributed by atoms with Crippen molar-refractivity contribution in [2.75, 3.05) is 7.05 Å². The third-order valence-electron chi connectivity index (χ3n) is 5.49. The molecular formula is C19H23N3O. The number of aromatic nitrogens is 2. The molecule has 0 aliphatic heterocycles. The first-order chi connectivity index (χ1) is 11.1. The highest BCUT2D eigenvalue weighted by atomic mass is 16.2. The number of H-pyrrole nitrogens is 1. The van der Waals surface area contributed by atoms with Crippen LogP contribution in [0.2, 0.25) is 0 Å². The van der Waals surface area contributed by atoms with Crippen LogP contribution in [-0.4, -0.2) is 34.1 Å². The fourth-order valence-electron chi connectivity index (χ4n) is 3.99. The second-order valence-electron chi connectivity index (χ2n) is 7.12. The van der Waals surface area contributed by atoms with E-state index < -0.39 is 0 Å². The zero-order chi connectivity index (χ0) is 16.0. The molecule has 2 aliphatic rings. The van der Waals surface area contributed by atoms with Gasteiger partial charge in [0.05, 0.1) is 0 Å². The van der Waals surface area contributed by atoms with Crippen molar-refractivity contribution in [3.63, 3.8) is 0 Å². The molecule has 120 valence electrons. The van der Waals surface area contributed by atoms with Crippen LogP contribution in [-0.2, 0) is 25.7 Å². The summed E-state index contributed by atoms with van der Waals surface area (Å²) >= 11 is 0. The Bertz CT molecular complexity index is 724. The van der Waals surface area contributed by atoms with E-state index in [2.05, 4.69) is 41.4 Å². The van der Waals surface area contributed by atoms with Crippen molar-refractivity contribution in [2.45, 2.75) is 45.1 Å². The van der Waals surface area contributed by atoms with Gasteiger partial charge in [0.1, 0.15) is 0 Å². The van der Waals surface area contributed by atoms with Gasteiger partial charge >= 0.3 is 0 Å². The molecule has 1 aromatic heterocycles. The molecule has 0 fully saturated rings. The van der Waals surface area contributed by atoms with E-state index in [0.29, 0.717) is 11.6 Å². The van der Waals surface area contributed by atoms with Crippen LogP contribution < -0.4 is 0 Å². The number of fused-ring (bicyclic) bond motifs is 2. The Balaban J connectivity index is 1.55. The maximum Gasteiger partial charge on any atom is 0.274 e. The molecular weight excluding hydrogens is 286 g/mol. The molecule has 1 aromatic carbocycles. The van der Waals surface area contributed by atoms with Gasteiger partial charge < -0.3 is 4.90 Å². The minimum Gasteiger partial charge on any atom is -0.337 e. The second kappa shape index (κ2) is 5.52. The van der Waals surface area contributed by atoms with Gasteiger partial charge in [-0.2, -0.15) is 5.10 Å². The number of benzene rings is 1. The zero-order valence-electron chi connectivity index (χ0n) is 13.8. The third kappa shape index (κ3) is 2.46. The predicted molar refractivity (Wildman–Crippen MR) is 89.5 cm³/mol. The molecule has 2 aliphatic carbocycles. The molecule has 1 amide bonds. The number of amides is 1. The van der Waals surface area contributed by atoms with Crippen molar-refractivity contribution in [1.29, 1.82) is 0 Å². The van der Waals surface area contributed by atoms with E-state index in [1.54, 1.807) is 0 Å². The smallest absolute Gasteiger partial charge is 0.274 e. The van der Waals surface area contributed by atoms with Gasteiger partial charge in [0, 0.05) is 24.3 Å². The number of hydrogen-bond acceptors (Lipinski definition) is 2. The van der Waals surface area contributed by atoms with E-state index in [1.165, 1.54) is 17.5 Å². The third-order valence-corrected chi connectivity index (χ3v) is 5.49. The number of aryl methyl sites for hydroxylation is 1. The minimum absolute atomic E-state index is 0.0643. The molecule has 0 saturated heterocycles. The van der Waals surface area contributed by atoms with Crippen molar-refractivity contribution < 1.29 is 4.79 Å². The molecule has 0 spiro atoms. The zero-order valence-corrected chi connectivity index (χ0v) is 13.8. The lowest BCUT2D eigenvalue weighted by Crippen LogP contribution is -2.38. The van der Waals surface area contributed by atoms with Crippen molar-refractivity contribution in [2.24, 2.45) is 5.92 Å². The summed E-state index contributed by atoms with van der Waals surface area (Å²) in [5.74, 6) is 0.696. The number of hydrogen-bond donors (Lipinski definition) is 1. The second-order valence-corrected chi connectivity index (χ2v) is 7.12. The minimum atomic E-state index is 0.0643. The Labute approximate surface area is 136 Å². The van der Waals surface area contributed by atoms with Crippen LogP contribution in [0.1, 0.15) is 46.2 Å². The monoisotopic (exact) mass is 309 g/mol. The van der Waals surface area contributed by atoms with Gasteiger partial charge in [-0.1, -0.05) is 31.2 Å². The first-order valence-corrected chi connectivity index (χ1v) is 8.53. The molecule has 1 atom stereocenters. The first kappa shape index (κ1) is 14.5. The predicted octanol–water partition coefficient (Wildman–Crippen LogP) is 2.77. The summed E-state index contributed by atoms with van der Waals surface area (Å²) in [5.41, 5.74) is 5.69. The maximum atomic E-state index is 13.0.